The smallest absolute Gasteiger partial charge is 0.169 e. The third-order valence-electron chi connectivity index (χ3n) is 4.46. The molecule has 25 heavy (non-hydrogen) atoms. The highest BCUT2D eigenvalue weighted by molar-refractivity contribution is 7.80. The van der Waals surface area contributed by atoms with Gasteiger partial charge in [0, 0.05) is 32.7 Å². The summed E-state index contributed by atoms with van der Waals surface area (Å²) in [5, 5.41) is 13.5. The Morgan fingerprint density at radius 1 is 1.00 bits per heavy atom. The summed E-state index contributed by atoms with van der Waals surface area (Å²) in [4.78, 5) is 4.48. The molecule has 0 bridgehead atoms. The van der Waals surface area contributed by atoms with Gasteiger partial charge in [0.05, 0.1) is 11.3 Å². The van der Waals surface area contributed by atoms with Crippen LogP contribution in [-0.4, -0.2) is 42.7 Å². The fourth-order valence-electron chi connectivity index (χ4n) is 3.06. The third kappa shape index (κ3) is 4.49. The van der Waals surface area contributed by atoms with Gasteiger partial charge in [-0.25, -0.2) is 0 Å². The molecule has 1 N–H and O–H groups in total. The van der Waals surface area contributed by atoms with Gasteiger partial charge in [0.2, 0.25) is 0 Å². The van der Waals surface area contributed by atoms with Crippen LogP contribution in [0.4, 0.5) is 5.69 Å². The summed E-state index contributed by atoms with van der Waals surface area (Å²) in [5.41, 5.74) is 3.07. The maximum absolute atomic E-state index is 9.26. The summed E-state index contributed by atoms with van der Waals surface area (Å²) < 4.78 is 0. The molecule has 1 heterocycles. The van der Waals surface area contributed by atoms with Crippen molar-refractivity contribution in [1.29, 1.82) is 5.26 Å². The Morgan fingerprint density at radius 3 is 2.40 bits per heavy atom. The van der Waals surface area contributed by atoms with E-state index in [0.29, 0.717) is 0 Å². The number of thiocarbonyl (C=S) groups is 1. The number of nitrogens with zero attached hydrogens (tertiary/aromatic N) is 3. The van der Waals surface area contributed by atoms with Gasteiger partial charge in [0.15, 0.2) is 5.11 Å². The van der Waals surface area contributed by atoms with Crippen LogP contribution in [0.2, 0.25) is 0 Å². The largest absolute Gasteiger partial charge is 0.367 e. The van der Waals surface area contributed by atoms with E-state index in [1.54, 1.807) is 0 Å². The zero-order valence-electron chi connectivity index (χ0n) is 14.2. The van der Waals surface area contributed by atoms with Crippen LogP contribution in [0.15, 0.2) is 54.6 Å². The Labute approximate surface area is 154 Å². The van der Waals surface area contributed by atoms with E-state index < -0.39 is 0 Å². The average Bonchev–Trinajstić information content (AvgIpc) is 2.69. The van der Waals surface area contributed by atoms with E-state index in [1.807, 2.05) is 30.3 Å². The Bertz CT molecular complexity index is 746. The van der Waals surface area contributed by atoms with Crippen molar-refractivity contribution in [3.8, 4) is 6.07 Å². The molecule has 128 valence electrons. The summed E-state index contributed by atoms with van der Waals surface area (Å²) in [7, 11) is 0. The van der Waals surface area contributed by atoms with Gasteiger partial charge in [-0.05, 0) is 36.3 Å². The number of nitrogens with one attached hydrogen (secondary N) is 1. The zero-order valence-corrected chi connectivity index (χ0v) is 15.0. The highest BCUT2D eigenvalue weighted by atomic mass is 32.1. The number of benzene rings is 2. The Balaban J connectivity index is 1.47. The van der Waals surface area contributed by atoms with Crippen LogP contribution in [0.1, 0.15) is 11.1 Å². The quantitative estimate of drug-likeness (QED) is 0.859. The molecule has 0 aliphatic carbocycles. The average molecular weight is 350 g/mol. The van der Waals surface area contributed by atoms with Gasteiger partial charge in [-0.15, -0.1) is 0 Å². The number of rotatable bonds is 4. The summed E-state index contributed by atoms with van der Waals surface area (Å²) in [6.45, 7) is 4.34. The lowest BCUT2D eigenvalue weighted by Crippen LogP contribution is -2.52. The number of piperazine rings is 1. The fourth-order valence-corrected chi connectivity index (χ4v) is 3.35. The molecule has 0 radical (unpaired) electrons. The highest BCUT2D eigenvalue weighted by Gasteiger charge is 2.20. The molecule has 1 fully saturated rings. The van der Waals surface area contributed by atoms with Gasteiger partial charge in [-0.3, -0.25) is 0 Å². The number of nitriles is 1. The molecule has 0 saturated carbocycles. The van der Waals surface area contributed by atoms with Crippen molar-refractivity contribution >= 4 is 23.0 Å². The molecule has 0 unspecified atom stereocenters. The van der Waals surface area contributed by atoms with Crippen LogP contribution in [-0.2, 0) is 6.42 Å². The second kappa shape index (κ2) is 8.50. The first-order valence-corrected chi connectivity index (χ1v) is 8.99. The van der Waals surface area contributed by atoms with Gasteiger partial charge in [0.25, 0.3) is 0 Å². The van der Waals surface area contributed by atoms with E-state index in [1.165, 1.54) is 5.56 Å². The molecular formula is C20H22N4S. The van der Waals surface area contributed by atoms with Crippen molar-refractivity contribution in [2.75, 3.05) is 37.6 Å². The van der Waals surface area contributed by atoms with E-state index in [9.17, 15) is 5.26 Å². The second-order valence-electron chi connectivity index (χ2n) is 6.07. The molecule has 1 aliphatic rings. The van der Waals surface area contributed by atoms with E-state index in [0.717, 1.165) is 55.5 Å². The van der Waals surface area contributed by atoms with Crippen molar-refractivity contribution in [2.24, 2.45) is 0 Å². The number of para-hydroxylation sites is 1. The first-order chi connectivity index (χ1) is 12.3. The summed E-state index contributed by atoms with van der Waals surface area (Å²) in [6.07, 6.45) is 0.969. The van der Waals surface area contributed by atoms with Gasteiger partial charge >= 0.3 is 0 Å². The molecular weight excluding hydrogens is 328 g/mol. The van der Waals surface area contributed by atoms with Crippen LogP contribution < -0.4 is 10.2 Å². The normalized spacial score (nSPS) is 14.0. The number of hydrogen-bond donors (Lipinski definition) is 1. The molecule has 1 aliphatic heterocycles. The predicted molar refractivity (Wildman–Crippen MR) is 106 cm³/mol. The Kier molecular flexibility index (Phi) is 5.86. The number of anilines is 1. The Hall–Kier alpha value is -2.58. The van der Waals surface area contributed by atoms with Crippen molar-refractivity contribution in [3.63, 3.8) is 0 Å². The van der Waals surface area contributed by atoms with Crippen molar-refractivity contribution in [3.05, 3.63) is 65.7 Å². The fraction of sp³-hybridized carbons (Fsp3) is 0.300. The van der Waals surface area contributed by atoms with Gasteiger partial charge in [-0.1, -0.05) is 42.5 Å². The van der Waals surface area contributed by atoms with E-state index in [4.69, 9.17) is 12.2 Å². The minimum absolute atomic E-state index is 0.736. The summed E-state index contributed by atoms with van der Waals surface area (Å²) >= 11 is 5.54. The van der Waals surface area contributed by atoms with E-state index in [2.05, 4.69) is 45.5 Å². The van der Waals surface area contributed by atoms with Crippen LogP contribution in [0, 0.1) is 11.3 Å². The van der Waals surface area contributed by atoms with Gasteiger partial charge in [0.1, 0.15) is 6.07 Å². The van der Waals surface area contributed by atoms with Crippen LogP contribution in [0.25, 0.3) is 0 Å². The maximum atomic E-state index is 9.26. The molecule has 0 spiro atoms. The third-order valence-corrected chi connectivity index (χ3v) is 4.87. The van der Waals surface area contributed by atoms with Crippen molar-refractivity contribution < 1.29 is 0 Å². The molecule has 0 amide bonds. The highest BCUT2D eigenvalue weighted by Crippen LogP contribution is 2.21. The maximum Gasteiger partial charge on any atom is 0.169 e. The lowest BCUT2D eigenvalue weighted by Gasteiger charge is -2.37. The molecule has 4 nitrogen and oxygen atoms in total. The van der Waals surface area contributed by atoms with E-state index in [-0.39, 0.29) is 0 Å². The van der Waals surface area contributed by atoms with Crippen LogP contribution in [0.5, 0.6) is 0 Å². The lowest BCUT2D eigenvalue weighted by molar-refractivity contribution is 0.380. The molecule has 2 aromatic rings. The minimum Gasteiger partial charge on any atom is -0.367 e. The lowest BCUT2D eigenvalue weighted by atomic mass is 10.1. The zero-order chi connectivity index (χ0) is 17.5. The van der Waals surface area contributed by atoms with Crippen molar-refractivity contribution in [1.82, 2.24) is 10.2 Å². The monoisotopic (exact) mass is 350 g/mol. The molecule has 0 aromatic heterocycles. The first kappa shape index (κ1) is 17.2. The second-order valence-corrected chi connectivity index (χ2v) is 6.46. The Morgan fingerprint density at radius 2 is 1.68 bits per heavy atom. The van der Waals surface area contributed by atoms with Crippen LogP contribution in [0.3, 0.4) is 0 Å². The van der Waals surface area contributed by atoms with Crippen molar-refractivity contribution in [2.45, 2.75) is 6.42 Å². The SMILES string of the molecule is N#Cc1ccccc1N1CCN(C(=S)NCCc2ccccc2)CC1. The van der Waals surface area contributed by atoms with E-state index >= 15 is 0 Å². The minimum atomic E-state index is 0.736. The van der Waals surface area contributed by atoms with Gasteiger partial charge < -0.3 is 15.1 Å². The molecule has 0 atom stereocenters. The predicted octanol–water partition coefficient (Wildman–Crippen LogP) is 2.80. The molecule has 3 rings (SSSR count). The summed E-state index contributed by atoms with van der Waals surface area (Å²) in [5.74, 6) is 0. The van der Waals surface area contributed by atoms with Gasteiger partial charge in [-0.2, -0.15) is 5.26 Å². The molecule has 5 heteroatoms. The molecule has 2 aromatic carbocycles. The van der Waals surface area contributed by atoms with Crippen LogP contribution >= 0.6 is 12.2 Å². The first-order valence-electron chi connectivity index (χ1n) is 8.58. The molecule has 1 saturated heterocycles. The summed E-state index contributed by atoms with van der Waals surface area (Å²) in [6, 6.07) is 20.5. The topological polar surface area (TPSA) is 42.3 Å². The standard InChI is InChI=1S/C20H22N4S/c21-16-18-8-4-5-9-19(18)23-12-14-24(15-13-23)20(25)22-11-10-17-6-2-1-3-7-17/h1-9H,10-15H2,(H,22,25). The number of hydrogen-bond acceptors (Lipinski definition) is 3.